The molecule has 0 spiro atoms. The number of carbonyl (C=O) groups excluding carboxylic acids is 2. The van der Waals surface area contributed by atoms with Gasteiger partial charge in [-0.15, -0.1) is 0 Å². The van der Waals surface area contributed by atoms with Crippen molar-refractivity contribution in [3.05, 3.63) is 70.7 Å². The van der Waals surface area contributed by atoms with E-state index in [9.17, 15) is 14.4 Å². The van der Waals surface area contributed by atoms with Gasteiger partial charge in [-0.1, -0.05) is 59.9 Å². The molecule has 5 rings (SSSR count). The van der Waals surface area contributed by atoms with E-state index in [1.165, 1.54) is 6.20 Å². The van der Waals surface area contributed by atoms with Crippen LogP contribution in [0.4, 0.5) is 9.93 Å². The number of nitrogens with zero attached hydrogens (tertiary/aromatic N) is 1. The molecule has 0 radical (unpaired) electrons. The van der Waals surface area contributed by atoms with E-state index in [1.54, 1.807) is 0 Å². The second kappa shape index (κ2) is 8.67. The molecule has 2 aromatic carbocycles. The van der Waals surface area contributed by atoms with E-state index < -0.39 is 12.1 Å². The van der Waals surface area contributed by atoms with Crippen molar-refractivity contribution in [1.82, 2.24) is 10.3 Å². The highest BCUT2D eigenvalue weighted by Gasteiger charge is 2.43. The number of carbonyl (C=O) groups is 3. The summed E-state index contributed by atoms with van der Waals surface area (Å²) in [7, 11) is 0. The van der Waals surface area contributed by atoms with Crippen molar-refractivity contribution in [3.8, 4) is 11.1 Å². The van der Waals surface area contributed by atoms with Crippen molar-refractivity contribution >= 4 is 34.4 Å². The number of hydrogen-bond acceptors (Lipinski definition) is 6. The molecule has 2 atom stereocenters. The molecule has 1 heterocycles. The van der Waals surface area contributed by atoms with Crippen LogP contribution in [0, 0.1) is 11.8 Å². The van der Waals surface area contributed by atoms with Crippen LogP contribution >= 0.6 is 11.3 Å². The number of carboxylic acid groups (broad SMARTS) is 1. The number of anilines is 1. The molecule has 3 N–H and O–H groups in total. The molecule has 0 saturated heterocycles. The maximum absolute atomic E-state index is 12.4. The highest BCUT2D eigenvalue weighted by atomic mass is 32.1. The Morgan fingerprint density at radius 3 is 2.36 bits per heavy atom. The van der Waals surface area contributed by atoms with E-state index >= 15 is 0 Å². The Kier molecular flexibility index (Phi) is 5.55. The molecule has 8 nitrogen and oxygen atoms in total. The van der Waals surface area contributed by atoms with Gasteiger partial charge in [0.2, 0.25) is 0 Å². The Labute approximate surface area is 193 Å². The van der Waals surface area contributed by atoms with Crippen LogP contribution < -0.4 is 10.6 Å². The minimum absolute atomic E-state index is 0.0298. The SMILES string of the molecule is O=C(Nc1ncc(C(=O)NC[C@H]2C[C@H]2C(=O)O)s1)OCC1c2ccccc2-c2ccccc21. The Balaban J connectivity index is 1.15. The zero-order chi connectivity index (χ0) is 22.9. The minimum Gasteiger partial charge on any atom is -0.481 e. The van der Waals surface area contributed by atoms with Gasteiger partial charge in [0.15, 0.2) is 5.13 Å². The first kappa shape index (κ1) is 21.1. The number of fused-ring (bicyclic) bond motifs is 3. The predicted molar refractivity (Wildman–Crippen MR) is 122 cm³/mol. The highest BCUT2D eigenvalue weighted by Crippen LogP contribution is 2.44. The van der Waals surface area contributed by atoms with Crippen molar-refractivity contribution in [2.45, 2.75) is 12.3 Å². The zero-order valence-corrected chi connectivity index (χ0v) is 18.3. The molecular weight excluding hydrogens is 442 g/mol. The number of amides is 2. The van der Waals surface area contributed by atoms with Gasteiger partial charge in [0, 0.05) is 12.5 Å². The normalized spacial score (nSPS) is 18.2. The van der Waals surface area contributed by atoms with Crippen LogP contribution in [-0.2, 0) is 9.53 Å². The van der Waals surface area contributed by atoms with Gasteiger partial charge >= 0.3 is 12.1 Å². The van der Waals surface area contributed by atoms with E-state index in [2.05, 4.69) is 27.8 Å². The lowest BCUT2D eigenvalue weighted by atomic mass is 9.98. The number of aromatic nitrogens is 1. The van der Waals surface area contributed by atoms with Crippen molar-refractivity contribution in [2.75, 3.05) is 18.5 Å². The summed E-state index contributed by atoms with van der Waals surface area (Å²) in [5.41, 5.74) is 4.55. The summed E-state index contributed by atoms with van der Waals surface area (Å²) in [6, 6.07) is 16.2. The molecule has 2 amide bonds. The number of hydrogen-bond donors (Lipinski definition) is 3. The van der Waals surface area contributed by atoms with Gasteiger partial charge in [-0.3, -0.25) is 14.9 Å². The van der Waals surface area contributed by atoms with Crippen LogP contribution in [0.2, 0.25) is 0 Å². The Morgan fingerprint density at radius 2 is 1.73 bits per heavy atom. The molecule has 1 aromatic heterocycles. The van der Waals surface area contributed by atoms with Gasteiger partial charge in [0.05, 0.1) is 12.1 Å². The number of rotatable bonds is 7. The zero-order valence-electron chi connectivity index (χ0n) is 17.5. The van der Waals surface area contributed by atoms with Crippen molar-refractivity contribution < 1.29 is 24.2 Å². The average Bonchev–Trinajstić information content (AvgIpc) is 3.35. The molecule has 2 aliphatic carbocycles. The third kappa shape index (κ3) is 4.31. The molecule has 0 aliphatic heterocycles. The molecule has 1 saturated carbocycles. The summed E-state index contributed by atoms with van der Waals surface area (Å²) < 4.78 is 5.50. The maximum atomic E-state index is 12.4. The average molecular weight is 464 g/mol. The maximum Gasteiger partial charge on any atom is 0.413 e. The number of ether oxygens (including phenoxy) is 1. The lowest BCUT2D eigenvalue weighted by Gasteiger charge is -2.14. The molecule has 0 bridgehead atoms. The fourth-order valence-corrected chi connectivity index (χ4v) is 4.96. The summed E-state index contributed by atoms with van der Waals surface area (Å²) in [6.45, 7) is 0.494. The van der Waals surface area contributed by atoms with Gasteiger partial charge in [-0.25, -0.2) is 9.78 Å². The molecule has 3 aromatic rings. The lowest BCUT2D eigenvalue weighted by Crippen LogP contribution is -2.25. The summed E-state index contributed by atoms with van der Waals surface area (Å²) in [4.78, 5) is 39.9. The number of carboxylic acids is 1. The molecule has 2 aliphatic rings. The Hall–Kier alpha value is -3.72. The molecular formula is C24H21N3O5S. The highest BCUT2D eigenvalue weighted by molar-refractivity contribution is 7.17. The monoisotopic (exact) mass is 463 g/mol. The third-order valence-electron chi connectivity index (χ3n) is 6.05. The molecule has 0 unspecified atom stereocenters. The number of benzene rings is 2. The molecule has 168 valence electrons. The van der Waals surface area contributed by atoms with Gasteiger partial charge in [0.1, 0.15) is 11.5 Å². The minimum atomic E-state index is -0.832. The smallest absolute Gasteiger partial charge is 0.413 e. The standard InChI is InChI=1S/C24H21N3O5S/c28-21(25-10-13-9-18(13)22(29)30)20-11-26-23(33-20)27-24(31)32-12-19-16-7-3-1-5-14(16)15-6-2-4-8-17(15)19/h1-8,11,13,18-19H,9-10,12H2,(H,25,28)(H,29,30)(H,26,27,31)/t13-,18-/m1/s1. The van der Waals surface area contributed by atoms with Crippen LogP contribution in [0.15, 0.2) is 54.7 Å². The number of nitrogens with one attached hydrogen (secondary N) is 2. The fourth-order valence-electron chi connectivity index (χ4n) is 4.25. The van der Waals surface area contributed by atoms with Gasteiger partial charge < -0.3 is 15.2 Å². The van der Waals surface area contributed by atoms with Gasteiger partial charge in [-0.05, 0) is 34.6 Å². The first-order valence-corrected chi connectivity index (χ1v) is 11.4. The predicted octanol–water partition coefficient (Wildman–Crippen LogP) is 3.95. The molecule has 1 fully saturated rings. The second-order valence-electron chi connectivity index (χ2n) is 8.13. The van der Waals surface area contributed by atoms with Crippen LogP contribution in [0.1, 0.15) is 33.1 Å². The third-order valence-corrected chi connectivity index (χ3v) is 6.96. The van der Waals surface area contributed by atoms with Crippen LogP contribution in [0.5, 0.6) is 0 Å². The van der Waals surface area contributed by atoms with E-state index in [-0.39, 0.29) is 35.4 Å². The van der Waals surface area contributed by atoms with Crippen molar-refractivity contribution in [1.29, 1.82) is 0 Å². The van der Waals surface area contributed by atoms with Gasteiger partial charge in [0.25, 0.3) is 5.91 Å². The van der Waals surface area contributed by atoms with E-state index in [0.29, 0.717) is 17.8 Å². The molecule has 33 heavy (non-hydrogen) atoms. The Morgan fingerprint density at radius 1 is 1.06 bits per heavy atom. The quantitative estimate of drug-likeness (QED) is 0.488. The lowest BCUT2D eigenvalue weighted by molar-refractivity contribution is -0.138. The number of thiazole rings is 1. The van der Waals surface area contributed by atoms with Crippen LogP contribution in [0.3, 0.4) is 0 Å². The Bertz CT molecular complexity index is 1190. The van der Waals surface area contributed by atoms with Crippen molar-refractivity contribution in [3.63, 3.8) is 0 Å². The molecule has 9 heteroatoms. The second-order valence-corrected chi connectivity index (χ2v) is 9.16. The number of aliphatic carboxylic acids is 1. The van der Waals surface area contributed by atoms with Crippen LogP contribution in [-0.4, -0.2) is 41.2 Å². The van der Waals surface area contributed by atoms with E-state index in [0.717, 1.165) is 33.6 Å². The first-order valence-electron chi connectivity index (χ1n) is 10.6. The fraction of sp³-hybridized carbons (Fsp3) is 0.250. The summed E-state index contributed by atoms with van der Waals surface area (Å²) in [5, 5.41) is 14.5. The topological polar surface area (TPSA) is 118 Å². The van der Waals surface area contributed by atoms with Crippen molar-refractivity contribution in [2.24, 2.45) is 11.8 Å². The summed E-state index contributed by atoms with van der Waals surface area (Å²) in [5.74, 6) is -1.63. The van der Waals surface area contributed by atoms with E-state index in [1.807, 2.05) is 36.4 Å². The van der Waals surface area contributed by atoms with Crippen LogP contribution in [0.25, 0.3) is 11.1 Å². The van der Waals surface area contributed by atoms with Gasteiger partial charge in [-0.2, -0.15) is 0 Å². The first-order chi connectivity index (χ1) is 16.0. The summed E-state index contributed by atoms with van der Waals surface area (Å²) >= 11 is 1.03. The summed E-state index contributed by atoms with van der Waals surface area (Å²) in [6.07, 6.45) is 1.31. The van der Waals surface area contributed by atoms with E-state index in [4.69, 9.17) is 9.84 Å². The largest absolute Gasteiger partial charge is 0.481 e.